The third-order valence-electron chi connectivity index (χ3n) is 2.81. The van der Waals surface area contributed by atoms with Crippen LogP contribution in [0.5, 0.6) is 0 Å². The summed E-state index contributed by atoms with van der Waals surface area (Å²) >= 11 is 0. The number of carbonyl (C=O) groups excluding carboxylic acids is 1. The summed E-state index contributed by atoms with van der Waals surface area (Å²) in [5, 5.41) is 2.61. The summed E-state index contributed by atoms with van der Waals surface area (Å²) in [6.45, 7) is 0. The van der Waals surface area contributed by atoms with Crippen LogP contribution in [0.1, 0.15) is 15.9 Å². The molecule has 108 valence electrons. The van der Waals surface area contributed by atoms with E-state index in [1.165, 1.54) is 18.3 Å². The van der Waals surface area contributed by atoms with Gasteiger partial charge in [-0.1, -0.05) is 36.4 Å². The minimum atomic E-state index is -3.32. The van der Waals surface area contributed by atoms with E-state index in [0.717, 1.165) is 11.8 Å². The van der Waals surface area contributed by atoms with Gasteiger partial charge >= 0.3 is 0 Å². The van der Waals surface area contributed by atoms with Crippen molar-refractivity contribution in [3.05, 3.63) is 71.9 Å². The summed E-state index contributed by atoms with van der Waals surface area (Å²) in [6, 6.07) is 15.5. The molecule has 0 saturated heterocycles. The van der Waals surface area contributed by atoms with Crippen molar-refractivity contribution in [2.45, 2.75) is 4.90 Å². The summed E-state index contributed by atoms with van der Waals surface area (Å²) in [6.07, 6.45) is 4.41. The van der Waals surface area contributed by atoms with Gasteiger partial charge in [-0.05, 0) is 29.8 Å². The maximum absolute atomic E-state index is 12.0. The Labute approximate surface area is 124 Å². The minimum Gasteiger partial charge on any atom is -0.329 e. The van der Waals surface area contributed by atoms with Gasteiger partial charge in [-0.2, -0.15) is 0 Å². The molecular weight excluding hydrogens is 286 g/mol. The predicted molar refractivity (Wildman–Crippen MR) is 82.5 cm³/mol. The van der Waals surface area contributed by atoms with E-state index in [2.05, 4.69) is 5.32 Å². The molecule has 1 N–H and O–H groups in total. The second-order valence-corrected chi connectivity index (χ2v) is 6.53. The van der Waals surface area contributed by atoms with Crippen LogP contribution in [-0.4, -0.2) is 20.6 Å². The fraction of sp³-hybridized carbons (Fsp3) is 0.0625. The second kappa shape index (κ2) is 6.37. The molecule has 1 amide bonds. The Hall–Kier alpha value is -2.40. The molecule has 2 rings (SSSR count). The zero-order chi connectivity index (χ0) is 15.3. The lowest BCUT2D eigenvalue weighted by molar-refractivity contribution is 0.0970. The number of carbonyl (C=O) groups is 1. The van der Waals surface area contributed by atoms with Crippen LogP contribution < -0.4 is 5.32 Å². The molecule has 2 aromatic rings. The van der Waals surface area contributed by atoms with E-state index in [0.29, 0.717) is 5.56 Å². The zero-order valence-corrected chi connectivity index (χ0v) is 12.3. The summed E-state index contributed by atoms with van der Waals surface area (Å²) in [5.41, 5.74) is 1.26. The number of rotatable bonds is 4. The van der Waals surface area contributed by atoms with Gasteiger partial charge in [-0.3, -0.25) is 4.79 Å². The molecular formula is C16H15NO3S. The van der Waals surface area contributed by atoms with E-state index >= 15 is 0 Å². The van der Waals surface area contributed by atoms with E-state index in [9.17, 15) is 13.2 Å². The zero-order valence-electron chi connectivity index (χ0n) is 11.5. The van der Waals surface area contributed by atoms with Crippen LogP contribution >= 0.6 is 0 Å². The molecule has 4 nitrogen and oxygen atoms in total. The van der Waals surface area contributed by atoms with Crippen LogP contribution in [-0.2, 0) is 9.84 Å². The lowest BCUT2D eigenvalue weighted by atomic mass is 10.2. The Bertz CT molecular complexity index is 765. The average molecular weight is 301 g/mol. The smallest absolute Gasteiger partial charge is 0.255 e. The van der Waals surface area contributed by atoms with Gasteiger partial charge in [0.2, 0.25) is 0 Å². The van der Waals surface area contributed by atoms with E-state index in [1.54, 1.807) is 18.2 Å². The van der Waals surface area contributed by atoms with Gasteiger partial charge in [-0.25, -0.2) is 8.42 Å². The Morgan fingerprint density at radius 3 is 2.43 bits per heavy atom. The normalized spacial score (nSPS) is 11.5. The Kier molecular flexibility index (Phi) is 4.55. The molecule has 0 bridgehead atoms. The molecule has 5 heteroatoms. The van der Waals surface area contributed by atoms with Crippen molar-refractivity contribution in [3.8, 4) is 0 Å². The summed E-state index contributed by atoms with van der Waals surface area (Å²) in [7, 11) is -3.32. The highest BCUT2D eigenvalue weighted by atomic mass is 32.2. The van der Waals surface area contributed by atoms with Gasteiger partial charge in [0.25, 0.3) is 5.91 Å². The third kappa shape index (κ3) is 4.29. The first-order valence-corrected chi connectivity index (χ1v) is 8.18. The van der Waals surface area contributed by atoms with Crippen molar-refractivity contribution < 1.29 is 13.2 Å². The lowest BCUT2D eigenvalue weighted by Crippen LogP contribution is -2.17. The van der Waals surface area contributed by atoms with Crippen LogP contribution in [0.3, 0.4) is 0 Å². The molecule has 0 unspecified atom stereocenters. The van der Waals surface area contributed by atoms with Gasteiger partial charge in [0.15, 0.2) is 9.84 Å². The highest BCUT2D eigenvalue weighted by molar-refractivity contribution is 7.90. The van der Waals surface area contributed by atoms with E-state index in [4.69, 9.17) is 0 Å². The first-order chi connectivity index (χ1) is 9.97. The quantitative estimate of drug-likeness (QED) is 0.943. The number of hydrogen-bond donors (Lipinski definition) is 1. The van der Waals surface area contributed by atoms with Gasteiger partial charge in [0.05, 0.1) is 4.90 Å². The van der Waals surface area contributed by atoms with E-state index in [-0.39, 0.29) is 10.8 Å². The molecule has 0 radical (unpaired) electrons. The Balaban J connectivity index is 2.09. The molecule has 0 aliphatic heterocycles. The second-order valence-electron chi connectivity index (χ2n) is 4.52. The summed E-state index contributed by atoms with van der Waals surface area (Å²) < 4.78 is 22.9. The SMILES string of the molecule is CS(=O)(=O)c1cccc(C(=O)NC=Cc2ccccc2)c1. The van der Waals surface area contributed by atoms with Gasteiger partial charge in [0.1, 0.15) is 0 Å². The van der Waals surface area contributed by atoms with Crippen molar-refractivity contribution in [1.29, 1.82) is 0 Å². The van der Waals surface area contributed by atoms with Gasteiger partial charge < -0.3 is 5.32 Å². The molecule has 0 aromatic heterocycles. The monoisotopic (exact) mass is 301 g/mol. The van der Waals surface area contributed by atoms with Crippen molar-refractivity contribution in [2.75, 3.05) is 6.26 Å². The molecule has 21 heavy (non-hydrogen) atoms. The van der Waals surface area contributed by atoms with Crippen LogP contribution in [0.4, 0.5) is 0 Å². The maximum atomic E-state index is 12.0. The van der Waals surface area contributed by atoms with Crippen molar-refractivity contribution in [2.24, 2.45) is 0 Å². The Morgan fingerprint density at radius 1 is 1.05 bits per heavy atom. The summed E-state index contributed by atoms with van der Waals surface area (Å²) in [4.78, 5) is 12.1. The molecule has 0 spiro atoms. The van der Waals surface area contributed by atoms with Crippen LogP contribution in [0.15, 0.2) is 65.7 Å². The van der Waals surface area contributed by atoms with Gasteiger partial charge in [-0.15, -0.1) is 0 Å². The summed E-state index contributed by atoms with van der Waals surface area (Å²) in [5.74, 6) is -0.354. The van der Waals surface area contributed by atoms with Crippen molar-refractivity contribution in [1.82, 2.24) is 5.32 Å². The fourth-order valence-electron chi connectivity index (χ4n) is 1.73. The maximum Gasteiger partial charge on any atom is 0.255 e. The van der Waals surface area contributed by atoms with E-state index in [1.807, 2.05) is 30.3 Å². The largest absolute Gasteiger partial charge is 0.329 e. The molecule has 0 fully saturated rings. The van der Waals surface area contributed by atoms with Crippen molar-refractivity contribution in [3.63, 3.8) is 0 Å². The number of sulfone groups is 1. The highest BCUT2D eigenvalue weighted by Crippen LogP contribution is 2.11. The van der Waals surface area contributed by atoms with E-state index < -0.39 is 9.84 Å². The predicted octanol–water partition coefficient (Wildman–Crippen LogP) is 2.49. The molecule has 0 aliphatic carbocycles. The van der Waals surface area contributed by atoms with Crippen LogP contribution in [0.2, 0.25) is 0 Å². The number of nitrogens with one attached hydrogen (secondary N) is 1. The number of amides is 1. The number of hydrogen-bond acceptors (Lipinski definition) is 3. The highest BCUT2D eigenvalue weighted by Gasteiger charge is 2.10. The topological polar surface area (TPSA) is 63.2 Å². The average Bonchev–Trinajstić information content (AvgIpc) is 2.47. The van der Waals surface area contributed by atoms with Crippen LogP contribution in [0.25, 0.3) is 6.08 Å². The first-order valence-electron chi connectivity index (χ1n) is 6.29. The lowest BCUT2D eigenvalue weighted by Gasteiger charge is -2.03. The first kappa shape index (κ1) is 15.0. The van der Waals surface area contributed by atoms with Crippen molar-refractivity contribution >= 4 is 21.8 Å². The standard InChI is InChI=1S/C16H15NO3S/c1-21(19,20)15-9-5-8-14(12-15)16(18)17-11-10-13-6-3-2-4-7-13/h2-12H,1H3,(H,17,18). The molecule has 2 aromatic carbocycles. The molecule has 0 heterocycles. The molecule has 0 saturated carbocycles. The fourth-order valence-corrected chi connectivity index (χ4v) is 2.40. The Morgan fingerprint density at radius 2 is 1.76 bits per heavy atom. The van der Waals surface area contributed by atoms with Gasteiger partial charge in [0, 0.05) is 18.0 Å². The number of benzene rings is 2. The molecule has 0 atom stereocenters. The molecule has 0 aliphatic rings. The minimum absolute atomic E-state index is 0.127. The third-order valence-corrected chi connectivity index (χ3v) is 3.92. The van der Waals surface area contributed by atoms with Crippen LogP contribution in [0, 0.1) is 0 Å².